The molecule has 0 bridgehead atoms. The molecule has 1 atom stereocenters. The maximum atomic E-state index is 12.5. The Balaban J connectivity index is 2.48. The van der Waals surface area contributed by atoms with E-state index in [1.807, 2.05) is 4.90 Å². The van der Waals surface area contributed by atoms with Gasteiger partial charge in [0.25, 0.3) is 0 Å². The summed E-state index contributed by atoms with van der Waals surface area (Å²) < 4.78 is 37.6. The topological polar surface area (TPSA) is 29.3 Å². The maximum absolute atomic E-state index is 12.5. The number of fused-ring (bicyclic) bond motifs is 1. The number of nitrogens with zero attached hydrogens (tertiary/aromatic N) is 1. The van der Waals surface area contributed by atoms with Crippen molar-refractivity contribution in [2.75, 3.05) is 18.5 Å². The Hall–Kier alpha value is -1.23. The van der Waals surface area contributed by atoms with E-state index in [4.69, 9.17) is 5.73 Å². The minimum atomic E-state index is -4.29. The van der Waals surface area contributed by atoms with E-state index < -0.39 is 11.7 Å². The summed E-state index contributed by atoms with van der Waals surface area (Å²) in [4.78, 5) is 1.81. The van der Waals surface area contributed by atoms with E-state index >= 15 is 0 Å². The molecule has 0 amide bonds. The Morgan fingerprint density at radius 3 is 2.69 bits per heavy atom. The third kappa shape index (κ3) is 1.87. The van der Waals surface area contributed by atoms with E-state index in [2.05, 4.69) is 0 Å². The second-order valence-electron chi connectivity index (χ2n) is 4.09. The van der Waals surface area contributed by atoms with Crippen molar-refractivity contribution in [1.29, 1.82) is 0 Å². The molecule has 5 heteroatoms. The number of benzene rings is 1. The largest absolute Gasteiger partial charge is 0.416 e. The minimum Gasteiger partial charge on any atom is -0.374 e. The summed E-state index contributed by atoms with van der Waals surface area (Å²) in [6.45, 7) is 0.690. The second-order valence-corrected chi connectivity index (χ2v) is 4.09. The standard InChI is InChI=1S/C11H13F3N2/c1-16-5-4-9(15)8-3-2-7(6-10(8)16)11(12,13)14/h2-3,6,9H,4-5,15H2,1H3/t9-/m1/s1. The average Bonchev–Trinajstić information content (AvgIpc) is 2.22. The first-order chi connectivity index (χ1) is 7.39. The SMILES string of the molecule is CN1CC[C@@H](N)c2ccc(C(F)(F)F)cc21. The zero-order valence-electron chi connectivity index (χ0n) is 8.88. The van der Waals surface area contributed by atoms with Crippen LogP contribution in [0.15, 0.2) is 18.2 Å². The molecule has 1 aliphatic rings. The van der Waals surface area contributed by atoms with Crippen LogP contribution in [0.3, 0.4) is 0 Å². The van der Waals surface area contributed by atoms with Gasteiger partial charge in [-0.05, 0) is 24.1 Å². The number of anilines is 1. The van der Waals surface area contributed by atoms with Gasteiger partial charge in [-0.2, -0.15) is 13.2 Å². The van der Waals surface area contributed by atoms with Gasteiger partial charge in [0.15, 0.2) is 0 Å². The molecule has 0 saturated heterocycles. The molecule has 0 unspecified atom stereocenters. The molecule has 16 heavy (non-hydrogen) atoms. The Morgan fingerprint density at radius 1 is 1.38 bits per heavy atom. The van der Waals surface area contributed by atoms with Crippen LogP contribution in [0.4, 0.5) is 18.9 Å². The Kier molecular flexibility index (Phi) is 2.58. The number of alkyl halides is 3. The van der Waals surface area contributed by atoms with Crippen LogP contribution in [0.25, 0.3) is 0 Å². The molecule has 2 N–H and O–H groups in total. The highest BCUT2D eigenvalue weighted by atomic mass is 19.4. The predicted molar refractivity (Wildman–Crippen MR) is 56.3 cm³/mol. The van der Waals surface area contributed by atoms with Crippen molar-refractivity contribution in [1.82, 2.24) is 0 Å². The normalized spacial score (nSPS) is 20.8. The molecule has 0 aliphatic carbocycles. The molecular formula is C11H13F3N2. The molecule has 88 valence electrons. The number of nitrogens with two attached hydrogens (primary N) is 1. The van der Waals surface area contributed by atoms with E-state index in [0.29, 0.717) is 12.2 Å². The first-order valence-corrected chi connectivity index (χ1v) is 5.07. The third-order valence-electron chi connectivity index (χ3n) is 2.94. The molecule has 2 rings (SSSR count). The van der Waals surface area contributed by atoms with Gasteiger partial charge in [0.2, 0.25) is 0 Å². The number of halogens is 3. The molecule has 1 aliphatic heterocycles. The first-order valence-electron chi connectivity index (χ1n) is 5.07. The smallest absolute Gasteiger partial charge is 0.374 e. The molecule has 0 saturated carbocycles. The van der Waals surface area contributed by atoms with Crippen molar-refractivity contribution in [2.24, 2.45) is 5.73 Å². The second kappa shape index (κ2) is 3.66. The molecule has 1 aromatic carbocycles. The van der Waals surface area contributed by atoms with Crippen molar-refractivity contribution >= 4 is 5.69 Å². The summed E-state index contributed by atoms with van der Waals surface area (Å²) in [5.41, 5.74) is 6.63. The summed E-state index contributed by atoms with van der Waals surface area (Å²) in [5, 5.41) is 0. The van der Waals surface area contributed by atoms with Gasteiger partial charge >= 0.3 is 6.18 Å². The molecule has 1 aromatic rings. The summed E-state index contributed by atoms with van der Waals surface area (Å²) in [5.74, 6) is 0. The molecule has 0 aromatic heterocycles. The summed E-state index contributed by atoms with van der Waals surface area (Å²) in [6, 6.07) is 3.60. The van der Waals surface area contributed by atoms with Gasteiger partial charge in [-0.25, -0.2) is 0 Å². The van der Waals surface area contributed by atoms with Crippen LogP contribution in [-0.2, 0) is 6.18 Å². The fourth-order valence-electron chi connectivity index (χ4n) is 1.97. The fourth-order valence-corrected chi connectivity index (χ4v) is 1.97. The van der Waals surface area contributed by atoms with Crippen LogP contribution in [-0.4, -0.2) is 13.6 Å². The van der Waals surface area contributed by atoms with Crippen LogP contribution in [0.1, 0.15) is 23.6 Å². The van der Waals surface area contributed by atoms with E-state index in [1.165, 1.54) is 12.1 Å². The fraction of sp³-hybridized carbons (Fsp3) is 0.455. The van der Waals surface area contributed by atoms with E-state index in [-0.39, 0.29) is 6.04 Å². The van der Waals surface area contributed by atoms with Gasteiger partial charge in [0, 0.05) is 25.3 Å². The Bertz CT molecular complexity index is 401. The molecule has 0 fully saturated rings. The summed E-state index contributed by atoms with van der Waals surface area (Å²) in [7, 11) is 1.78. The van der Waals surface area contributed by atoms with Gasteiger partial charge in [0.1, 0.15) is 0 Å². The third-order valence-corrected chi connectivity index (χ3v) is 2.94. The van der Waals surface area contributed by atoms with E-state index in [0.717, 1.165) is 18.1 Å². The van der Waals surface area contributed by atoms with Crippen LogP contribution >= 0.6 is 0 Å². The lowest BCUT2D eigenvalue weighted by Crippen LogP contribution is -2.30. The molecule has 2 nitrogen and oxygen atoms in total. The number of hydrogen-bond acceptors (Lipinski definition) is 2. The van der Waals surface area contributed by atoms with Crippen LogP contribution < -0.4 is 10.6 Å². The maximum Gasteiger partial charge on any atom is 0.416 e. The number of rotatable bonds is 0. The molecule has 0 radical (unpaired) electrons. The van der Waals surface area contributed by atoms with Crippen LogP contribution in [0, 0.1) is 0 Å². The zero-order chi connectivity index (χ0) is 11.9. The van der Waals surface area contributed by atoms with Crippen molar-refractivity contribution in [3.8, 4) is 0 Å². The lowest BCUT2D eigenvalue weighted by Gasteiger charge is -2.31. The van der Waals surface area contributed by atoms with Gasteiger partial charge in [-0.3, -0.25) is 0 Å². The van der Waals surface area contributed by atoms with Crippen molar-refractivity contribution < 1.29 is 13.2 Å². The minimum absolute atomic E-state index is 0.159. The average molecular weight is 230 g/mol. The summed E-state index contributed by atoms with van der Waals surface area (Å²) in [6.07, 6.45) is -3.52. The predicted octanol–water partition coefficient (Wildman–Crippen LogP) is 2.55. The van der Waals surface area contributed by atoms with Gasteiger partial charge in [-0.15, -0.1) is 0 Å². The molecule has 1 heterocycles. The first kappa shape index (κ1) is 11.3. The van der Waals surface area contributed by atoms with Gasteiger partial charge < -0.3 is 10.6 Å². The lowest BCUT2D eigenvalue weighted by atomic mass is 9.96. The summed E-state index contributed by atoms with van der Waals surface area (Å²) >= 11 is 0. The Labute approximate surface area is 91.8 Å². The van der Waals surface area contributed by atoms with Crippen molar-refractivity contribution in [3.05, 3.63) is 29.3 Å². The molecule has 0 spiro atoms. The van der Waals surface area contributed by atoms with E-state index in [9.17, 15) is 13.2 Å². The van der Waals surface area contributed by atoms with E-state index in [1.54, 1.807) is 7.05 Å². The lowest BCUT2D eigenvalue weighted by molar-refractivity contribution is -0.137. The highest BCUT2D eigenvalue weighted by molar-refractivity contribution is 5.58. The van der Waals surface area contributed by atoms with Crippen LogP contribution in [0.5, 0.6) is 0 Å². The van der Waals surface area contributed by atoms with Crippen LogP contribution in [0.2, 0.25) is 0 Å². The monoisotopic (exact) mass is 230 g/mol. The van der Waals surface area contributed by atoms with Crippen molar-refractivity contribution in [2.45, 2.75) is 18.6 Å². The van der Waals surface area contributed by atoms with Crippen molar-refractivity contribution in [3.63, 3.8) is 0 Å². The number of hydrogen-bond donors (Lipinski definition) is 1. The Morgan fingerprint density at radius 2 is 2.06 bits per heavy atom. The van der Waals surface area contributed by atoms with Gasteiger partial charge in [0.05, 0.1) is 5.56 Å². The molecular weight excluding hydrogens is 217 g/mol. The highest BCUT2D eigenvalue weighted by Crippen LogP contribution is 2.37. The quantitative estimate of drug-likeness (QED) is 0.742. The van der Waals surface area contributed by atoms with Gasteiger partial charge in [-0.1, -0.05) is 6.07 Å². The highest BCUT2D eigenvalue weighted by Gasteiger charge is 2.32. The zero-order valence-corrected chi connectivity index (χ0v) is 8.88.